The van der Waals surface area contributed by atoms with Crippen molar-refractivity contribution in [1.29, 1.82) is 0 Å². The fourth-order valence-electron chi connectivity index (χ4n) is 4.58. The Hall–Kier alpha value is -3.03. The van der Waals surface area contributed by atoms with Crippen molar-refractivity contribution in [2.75, 3.05) is 6.06 Å². The van der Waals surface area contributed by atoms with Gasteiger partial charge in [-0.05, 0) is 24.5 Å². The second kappa shape index (κ2) is 9.85. The summed E-state index contributed by atoms with van der Waals surface area (Å²) >= 11 is 0. The van der Waals surface area contributed by atoms with Crippen molar-refractivity contribution in [2.24, 2.45) is 0 Å². The average Bonchev–Trinajstić information content (AvgIpc) is 3.60. The van der Waals surface area contributed by atoms with Gasteiger partial charge in [0.15, 0.2) is 0 Å². The zero-order valence-electron chi connectivity index (χ0n) is 18.6. The largest absolute Gasteiger partial charge is 1.00 e. The Kier molecular flexibility index (Phi) is 6.91. The molecule has 158 valence electrons. The summed E-state index contributed by atoms with van der Waals surface area (Å²) in [7, 11) is -3.09. The Morgan fingerprint density at radius 1 is 0.636 bits per heavy atom. The SMILES string of the molecule is O=P(C[B-](c1ccccc1)(n1cccn1)n1cccn1)(c1ccccc1)c1ccccc1.[Li+]. The van der Waals surface area contributed by atoms with Crippen LogP contribution in [0.2, 0.25) is 0 Å². The van der Waals surface area contributed by atoms with Gasteiger partial charge in [0.2, 0.25) is 0 Å². The third-order valence-corrected chi connectivity index (χ3v) is 9.40. The maximum absolute atomic E-state index is 15.1. The van der Waals surface area contributed by atoms with E-state index in [2.05, 4.69) is 22.3 Å². The molecule has 0 amide bonds. The van der Waals surface area contributed by atoms with Crippen LogP contribution in [0.1, 0.15) is 0 Å². The molecule has 3 aromatic carbocycles. The summed E-state index contributed by atoms with van der Waals surface area (Å²) in [6.07, 6.45) is 5.56. The van der Waals surface area contributed by atoms with Gasteiger partial charge in [-0.3, -0.25) is 0 Å². The molecule has 0 radical (unpaired) electrons. The third kappa shape index (κ3) is 4.18. The van der Waals surface area contributed by atoms with Crippen molar-refractivity contribution in [2.45, 2.75) is 0 Å². The topological polar surface area (TPSA) is 52.7 Å². The van der Waals surface area contributed by atoms with E-state index >= 15 is 4.57 Å². The third-order valence-electron chi connectivity index (χ3n) is 6.12. The van der Waals surface area contributed by atoms with Gasteiger partial charge in [0.25, 0.3) is 6.42 Å². The first-order chi connectivity index (χ1) is 15.7. The van der Waals surface area contributed by atoms with E-state index in [4.69, 9.17) is 0 Å². The molecule has 8 heteroatoms. The smallest absolute Gasteiger partial charge is 0.417 e. The molecular formula is C25H23BLiN4OP. The van der Waals surface area contributed by atoms with Gasteiger partial charge in [-0.15, -0.1) is 0 Å². The molecule has 0 aliphatic rings. The van der Waals surface area contributed by atoms with Crippen LogP contribution in [0, 0.1) is 0 Å². The van der Waals surface area contributed by atoms with Gasteiger partial charge >= 0.3 is 18.9 Å². The molecule has 0 atom stereocenters. The second-order valence-electron chi connectivity index (χ2n) is 7.92. The number of benzene rings is 3. The Morgan fingerprint density at radius 3 is 1.45 bits per heavy atom. The van der Waals surface area contributed by atoms with Crippen molar-refractivity contribution in [3.05, 3.63) is 128 Å². The normalized spacial score (nSPS) is 11.6. The average molecular weight is 444 g/mol. The molecule has 2 heterocycles. The van der Waals surface area contributed by atoms with Gasteiger partial charge in [-0.25, -0.2) is 10.2 Å². The van der Waals surface area contributed by atoms with Crippen LogP contribution >= 0.6 is 7.14 Å². The van der Waals surface area contributed by atoms with E-state index in [9.17, 15) is 0 Å². The van der Waals surface area contributed by atoms with Crippen LogP contribution in [0.15, 0.2) is 128 Å². The molecule has 0 aliphatic carbocycles. The molecule has 0 saturated carbocycles. The van der Waals surface area contributed by atoms with Crippen molar-refractivity contribution in [1.82, 2.24) is 19.4 Å². The van der Waals surface area contributed by atoms with Crippen LogP contribution < -0.4 is 34.9 Å². The first kappa shape index (κ1) is 23.1. The molecule has 5 aromatic rings. The number of hydrogen-bond acceptors (Lipinski definition) is 3. The van der Waals surface area contributed by atoms with E-state index in [1.165, 1.54) is 0 Å². The van der Waals surface area contributed by atoms with E-state index in [-0.39, 0.29) is 18.9 Å². The molecule has 5 rings (SSSR count). The number of hydrogen-bond donors (Lipinski definition) is 0. The van der Waals surface area contributed by atoms with Crippen molar-refractivity contribution < 1.29 is 23.4 Å². The fraction of sp³-hybridized carbons (Fsp3) is 0.0400. The molecule has 33 heavy (non-hydrogen) atoms. The van der Waals surface area contributed by atoms with Gasteiger partial charge in [-0.2, -0.15) is 5.46 Å². The fourth-order valence-corrected chi connectivity index (χ4v) is 7.87. The summed E-state index contributed by atoms with van der Waals surface area (Å²) in [5.74, 6) is 0. The van der Waals surface area contributed by atoms with Crippen molar-refractivity contribution in [3.8, 4) is 0 Å². The molecule has 0 saturated heterocycles. The second-order valence-corrected chi connectivity index (χ2v) is 10.8. The Morgan fingerprint density at radius 2 is 1.06 bits per heavy atom. The first-order valence-electron chi connectivity index (χ1n) is 10.7. The van der Waals surface area contributed by atoms with E-state index < -0.39 is 13.6 Å². The minimum absolute atomic E-state index is 0. The minimum atomic E-state index is -3.09. The van der Waals surface area contributed by atoms with Gasteiger partial charge in [0, 0.05) is 23.0 Å². The maximum atomic E-state index is 15.1. The van der Waals surface area contributed by atoms with Crippen LogP contribution in [-0.2, 0) is 4.57 Å². The number of rotatable bonds is 7. The number of aromatic nitrogens is 4. The van der Waals surface area contributed by atoms with E-state index in [1.807, 2.05) is 113 Å². The summed E-state index contributed by atoms with van der Waals surface area (Å²) in [4.78, 5) is 0. The molecule has 5 nitrogen and oxygen atoms in total. The Balaban J connectivity index is 0.00000259. The number of nitrogens with zero attached hydrogens (tertiary/aromatic N) is 4. The van der Waals surface area contributed by atoms with Crippen molar-refractivity contribution in [3.63, 3.8) is 0 Å². The molecule has 0 unspecified atom stereocenters. The molecule has 0 fully saturated rings. The van der Waals surface area contributed by atoms with Gasteiger partial charge < -0.3 is 13.8 Å². The summed E-state index contributed by atoms with van der Waals surface area (Å²) in [6, 6.07) is 33.9. The molecule has 0 bridgehead atoms. The summed E-state index contributed by atoms with van der Waals surface area (Å²) in [5.41, 5.74) is 1.02. The quantitative estimate of drug-likeness (QED) is 0.270. The van der Waals surface area contributed by atoms with Gasteiger partial charge in [0.1, 0.15) is 7.14 Å². The first-order valence-corrected chi connectivity index (χ1v) is 12.5. The minimum Gasteiger partial charge on any atom is -0.417 e. The molecule has 2 aromatic heterocycles. The molecule has 0 N–H and O–H groups in total. The van der Waals surface area contributed by atoms with Crippen LogP contribution in [0.5, 0.6) is 0 Å². The maximum Gasteiger partial charge on any atom is 1.00 e. The van der Waals surface area contributed by atoms with Crippen LogP contribution in [0.3, 0.4) is 0 Å². The van der Waals surface area contributed by atoms with E-state index in [0.717, 1.165) is 16.1 Å². The summed E-state index contributed by atoms with van der Waals surface area (Å²) < 4.78 is 19.0. The van der Waals surface area contributed by atoms with Crippen LogP contribution in [-0.4, -0.2) is 31.9 Å². The Bertz CT molecular complexity index is 1240. The predicted molar refractivity (Wildman–Crippen MR) is 132 cm³/mol. The van der Waals surface area contributed by atoms with Crippen LogP contribution in [0.25, 0.3) is 0 Å². The molecule has 0 spiro atoms. The monoisotopic (exact) mass is 444 g/mol. The van der Waals surface area contributed by atoms with Gasteiger partial charge in [0.05, 0.1) is 0 Å². The summed E-state index contributed by atoms with van der Waals surface area (Å²) in [5, 5.41) is 11.0. The van der Waals surface area contributed by atoms with Crippen molar-refractivity contribution >= 4 is 29.6 Å². The predicted octanol–water partition coefficient (Wildman–Crippen LogP) is 0.383. The van der Waals surface area contributed by atoms with Crippen LogP contribution in [0.4, 0.5) is 0 Å². The van der Waals surface area contributed by atoms with E-state index in [0.29, 0.717) is 6.06 Å². The zero-order chi connectivity index (χ0) is 21.9. The standard InChI is InChI=1S/C25H23BN4OP.Li/c31-32(24-14-6-2-7-15-24,25-16-8-3-9-17-25)22-26(29-20-10-18-27-29,30-21-11-19-28-30)23-12-4-1-5-13-23;/h1-21H,22H2;/q-1;+1. The van der Waals surface area contributed by atoms with Gasteiger partial charge in [-0.1, -0.05) is 97.1 Å². The molecular weight excluding hydrogens is 421 g/mol. The van der Waals surface area contributed by atoms with E-state index in [1.54, 1.807) is 12.4 Å². The molecule has 0 aliphatic heterocycles. The summed E-state index contributed by atoms with van der Waals surface area (Å²) in [6.45, 7) is 0. The Labute approximate surface area is 206 Å². The zero-order valence-corrected chi connectivity index (χ0v) is 19.4.